The third-order valence-electron chi connectivity index (χ3n) is 6.67. The molecule has 2 fully saturated rings. The van der Waals surface area contributed by atoms with Crippen LogP contribution < -0.4 is 0 Å². The third-order valence-corrected chi connectivity index (χ3v) is 6.67. The summed E-state index contributed by atoms with van der Waals surface area (Å²) in [4.78, 5) is 59.0. The van der Waals surface area contributed by atoms with Gasteiger partial charge in [-0.25, -0.2) is 0 Å². The zero-order chi connectivity index (χ0) is 32.0. The maximum Gasteiger partial charge on any atom is 0.303 e. The first kappa shape index (κ1) is 34.9. The molecule has 1 N–H and O–H groups in total. The fourth-order valence-corrected chi connectivity index (χ4v) is 5.44. The second-order valence-electron chi connectivity index (χ2n) is 11.4. The minimum Gasteiger partial charge on any atom is -0.463 e. The quantitative estimate of drug-likeness (QED) is 0.233. The molecule has 13 nitrogen and oxygen atoms in total. The van der Waals surface area contributed by atoms with Gasteiger partial charge in [-0.3, -0.25) is 24.0 Å². The third kappa shape index (κ3) is 9.94. The zero-order valence-electron chi connectivity index (χ0n) is 25.6. The molecule has 1 saturated carbocycles. The van der Waals surface area contributed by atoms with Crippen molar-refractivity contribution in [3.63, 3.8) is 0 Å². The second kappa shape index (κ2) is 14.3. The number of hydrogen-bond acceptors (Lipinski definition) is 13. The molecule has 0 aromatic heterocycles. The van der Waals surface area contributed by atoms with E-state index in [0.717, 1.165) is 20.8 Å². The first-order valence-corrected chi connectivity index (χ1v) is 13.7. The van der Waals surface area contributed by atoms with Crippen LogP contribution in [0, 0.1) is 5.41 Å². The van der Waals surface area contributed by atoms with Crippen LogP contribution in [0.5, 0.6) is 0 Å². The van der Waals surface area contributed by atoms with Crippen molar-refractivity contribution in [2.24, 2.45) is 5.41 Å². The fourth-order valence-electron chi connectivity index (χ4n) is 5.44. The standard InChI is InChI=1S/C29H42O13/c1-15(10-11-23-28(7,8)12-21(38-17(3)31)13-29(23,9)35)37-27-26(41-20(6)34)25(40-19(5)33)24(39-18(4)32)22(42-27)14-36-16(2)30/h10,15,21-22,24-27,35H,12-14H2,1-9H3/t11?,15-,21+,22-,24-,25+,26-,27-,29-/m1/s1. The Bertz CT molecular complexity index is 1080. The Morgan fingerprint density at radius 2 is 1.38 bits per heavy atom. The van der Waals surface area contributed by atoms with Crippen LogP contribution in [0.25, 0.3) is 0 Å². The normalized spacial score (nSPS) is 31.0. The van der Waals surface area contributed by atoms with Gasteiger partial charge < -0.3 is 38.3 Å². The first-order valence-electron chi connectivity index (χ1n) is 13.7. The first-order chi connectivity index (χ1) is 19.3. The fraction of sp³-hybridized carbons (Fsp3) is 0.724. The van der Waals surface area contributed by atoms with Crippen molar-refractivity contribution in [2.75, 3.05) is 6.61 Å². The number of aliphatic hydroxyl groups is 1. The molecule has 1 aliphatic heterocycles. The largest absolute Gasteiger partial charge is 0.463 e. The molecule has 1 heterocycles. The molecule has 0 radical (unpaired) electrons. The lowest BCUT2D eigenvalue weighted by Gasteiger charge is -2.45. The Hall–Kier alpha value is -3.25. The van der Waals surface area contributed by atoms with Crippen LogP contribution in [-0.4, -0.2) is 90.1 Å². The van der Waals surface area contributed by atoms with E-state index in [4.69, 9.17) is 33.2 Å². The van der Waals surface area contributed by atoms with Gasteiger partial charge in [-0.05, 0) is 31.8 Å². The van der Waals surface area contributed by atoms with Crippen molar-refractivity contribution in [3.8, 4) is 0 Å². The highest BCUT2D eigenvalue weighted by molar-refractivity contribution is 5.69. The molecule has 42 heavy (non-hydrogen) atoms. The highest BCUT2D eigenvalue weighted by Crippen LogP contribution is 2.46. The van der Waals surface area contributed by atoms with Gasteiger partial charge in [-0.1, -0.05) is 13.8 Å². The van der Waals surface area contributed by atoms with Gasteiger partial charge in [0.15, 0.2) is 24.6 Å². The van der Waals surface area contributed by atoms with E-state index in [-0.39, 0.29) is 13.0 Å². The molecule has 0 bridgehead atoms. The molecular formula is C29H42O13. The van der Waals surface area contributed by atoms with Gasteiger partial charge in [0, 0.05) is 46.6 Å². The molecule has 2 aliphatic rings. The molecule has 0 aromatic rings. The number of ether oxygens (including phenoxy) is 7. The van der Waals surface area contributed by atoms with Crippen molar-refractivity contribution >= 4 is 29.8 Å². The lowest BCUT2D eigenvalue weighted by Crippen LogP contribution is -2.63. The molecule has 13 heteroatoms. The van der Waals surface area contributed by atoms with Gasteiger partial charge in [-0.2, -0.15) is 0 Å². The molecule has 8 atom stereocenters. The van der Waals surface area contributed by atoms with Gasteiger partial charge >= 0.3 is 29.8 Å². The van der Waals surface area contributed by atoms with Crippen LogP contribution in [0.2, 0.25) is 0 Å². The Kier molecular flexibility index (Phi) is 11.9. The molecule has 0 unspecified atom stereocenters. The zero-order valence-corrected chi connectivity index (χ0v) is 25.6. The summed E-state index contributed by atoms with van der Waals surface area (Å²) in [6.45, 7) is 12.6. The lowest BCUT2D eigenvalue weighted by atomic mass is 9.65. The highest BCUT2D eigenvalue weighted by atomic mass is 16.7. The number of hydrogen-bond donors (Lipinski definition) is 1. The summed E-state index contributed by atoms with van der Waals surface area (Å²) < 4.78 is 38.7. The highest BCUT2D eigenvalue weighted by Gasteiger charge is 2.53. The number of carbonyl (C=O) groups excluding carboxylic acids is 5. The molecule has 0 amide bonds. The monoisotopic (exact) mass is 598 g/mol. The molecule has 1 aliphatic carbocycles. The summed E-state index contributed by atoms with van der Waals surface area (Å²) in [7, 11) is 0. The minimum absolute atomic E-state index is 0.182. The van der Waals surface area contributed by atoms with Gasteiger partial charge in [0.05, 0.1) is 11.7 Å². The number of esters is 5. The van der Waals surface area contributed by atoms with Crippen LogP contribution in [0.15, 0.2) is 17.4 Å². The van der Waals surface area contributed by atoms with Crippen LogP contribution in [0.1, 0.15) is 75.2 Å². The van der Waals surface area contributed by atoms with E-state index in [1.54, 1.807) is 19.9 Å². The van der Waals surface area contributed by atoms with Crippen molar-refractivity contribution in [2.45, 2.75) is 124 Å². The van der Waals surface area contributed by atoms with E-state index in [2.05, 4.69) is 5.73 Å². The van der Waals surface area contributed by atoms with Crippen molar-refractivity contribution in [3.05, 3.63) is 17.4 Å². The van der Waals surface area contributed by atoms with Crippen molar-refractivity contribution in [1.82, 2.24) is 0 Å². The van der Waals surface area contributed by atoms with E-state index in [1.165, 1.54) is 13.8 Å². The summed E-state index contributed by atoms with van der Waals surface area (Å²) in [6.07, 6.45) is -5.58. The average molecular weight is 599 g/mol. The van der Waals surface area contributed by atoms with E-state index in [0.29, 0.717) is 12.0 Å². The van der Waals surface area contributed by atoms with Crippen molar-refractivity contribution in [1.29, 1.82) is 0 Å². The summed E-state index contributed by atoms with van der Waals surface area (Å²) in [5, 5.41) is 11.2. The predicted octanol–water partition coefficient (Wildman–Crippen LogP) is 2.06. The van der Waals surface area contributed by atoms with Crippen LogP contribution in [-0.2, 0) is 57.1 Å². The topological polar surface area (TPSA) is 170 Å². The van der Waals surface area contributed by atoms with Gasteiger partial charge in [-0.15, -0.1) is 5.73 Å². The molecule has 0 spiro atoms. The van der Waals surface area contributed by atoms with E-state index in [9.17, 15) is 29.1 Å². The summed E-state index contributed by atoms with van der Waals surface area (Å²) in [6, 6.07) is 0. The molecule has 1 saturated heterocycles. The maximum atomic E-state index is 12.0. The van der Waals surface area contributed by atoms with Crippen molar-refractivity contribution < 1.29 is 62.2 Å². The predicted molar refractivity (Wildman–Crippen MR) is 143 cm³/mol. The van der Waals surface area contributed by atoms with E-state index < -0.39 is 83.8 Å². The van der Waals surface area contributed by atoms with Crippen LogP contribution in [0.3, 0.4) is 0 Å². The summed E-state index contributed by atoms with van der Waals surface area (Å²) >= 11 is 0. The molecule has 2 rings (SSSR count). The minimum atomic E-state index is -1.37. The summed E-state index contributed by atoms with van der Waals surface area (Å²) in [5.74, 6) is -3.31. The molecule has 0 aromatic carbocycles. The van der Waals surface area contributed by atoms with Gasteiger partial charge in [0.2, 0.25) is 0 Å². The number of carbonyl (C=O) groups is 5. The smallest absolute Gasteiger partial charge is 0.303 e. The summed E-state index contributed by atoms with van der Waals surface area (Å²) in [5.41, 5.74) is 1.77. The second-order valence-corrected chi connectivity index (χ2v) is 11.4. The molecular weight excluding hydrogens is 556 g/mol. The van der Waals surface area contributed by atoms with Gasteiger partial charge in [0.1, 0.15) is 18.8 Å². The van der Waals surface area contributed by atoms with E-state index >= 15 is 0 Å². The van der Waals surface area contributed by atoms with Crippen LogP contribution in [0.4, 0.5) is 0 Å². The SMILES string of the molecule is CC(=O)OC[C@H]1O[C@@H](O[C@H](C)C=C=C2C(C)(C)C[C@H](OC(C)=O)C[C@@]2(C)O)[C@H](OC(C)=O)[C@@H](OC(C)=O)[C@@H]1OC(C)=O. The average Bonchev–Trinajstić information content (AvgIpc) is 2.78. The van der Waals surface area contributed by atoms with Crippen LogP contribution >= 0.6 is 0 Å². The Morgan fingerprint density at radius 3 is 1.88 bits per heavy atom. The maximum absolute atomic E-state index is 12.0. The Labute approximate surface area is 245 Å². The lowest BCUT2D eigenvalue weighted by molar-refractivity contribution is -0.312. The number of rotatable bonds is 9. The Balaban J connectivity index is 2.44. The van der Waals surface area contributed by atoms with E-state index in [1.807, 2.05) is 13.8 Å². The Morgan fingerprint density at radius 1 is 0.857 bits per heavy atom. The molecule has 236 valence electrons. The van der Waals surface area contributed by atoms with Gasteiger partial charge in [0.25, 0.3) is 0 Å².